The Hall–Kier alpha value is -1.98. The van der Waals surface area contributed by atoms with Gasteiger partial charge in [-0.25, -0.2) is 0 Å². The Balaban J connectivity index is 2.96. The number of rotatable bonds is 6. The number of ether oxygens (including phenoxy) is 1. The van der Waals surface area contributed by atoms with Gasteiger partial charge >= 0.3 is 5.97 Å². The maximum atomic E-state index is 12.5. The molecule has 1 amide bonds. The van der Waals surface area contributed by atoms with Gasteiger partial charge in [0, 0.05) is 6.54 Å². The number of nitrogens with zero attached hydrogens (tertiary/aromatic N) is 3. The lowest BCUT2D eigenvalue weighted by atomic mass is 10.1. The molecule has 0 N–H and O–H groups in total. The van der Waals surface area contributed by atoms with Crippen LogP contribution in [0.25, 0.3) is 0 Å². The first-order valence-corrected chi connectivity index (χ1v) is 6.81. The van der Waals surface area contributed by atoms with Gasteiger partial charge in [0.15, 0.2) is 0 Å². The van der Waals surface area contributed by atoms with Crippen molar-refractivity contribution in [1.82, 2.24) is 15.1 Å². The summed E-state index contributed by atoms with van der Waals surface area (Å²) in [6.07, 6.45) is 0.616. The topological polar surface area (TPSA) is 72.4 Å². The summed E-state index contributed by atoms with van der Waals surface area (Å²) in [6, 6.07) is 1.71. The van der Waals surface area contributed by atoms with Crippen LogP contribution < -0.4 is 0 Å². The first-order valence-electron chi connectivity index (χ1n) is 6.81. The van der Waals surface area contributed by atoms with E-state index in [1.165, 1.54) is 4.90 Å². The van der Waals surface area contributed by atoms with E-state index in [0.29, 0.717) is 36.5 Å². The summed E-state index contributed by atoms with van der Waals surface area (Å²) in [7, 11) is 0. The number of carbonyl (C=O) groups excluding carboxylic acids is 2. The number of esters is 1. The monoisotopic (exact) mass is 279 g/mol. The standard InChI is InChI=1S/C14H21N3O3/c1-5-12-11(8-10(4)15-16-12)14(19)17(6-2)9-13(18)20-7-3/h8H,5-7,9H2,1-4H3. The molecule has 0 saturated heterocycles. The second kappa shape index (κ2) is 7.57. The lowest BCUT2D eigenvalue weighted by molar-refractivity contribution is -0.143. The van der Waals surface area contributed by atoms with Crippen LogP contribution in [0.15, 0.2) is 6.07 Å². The minimum atomic E-state index is -0.403. The molecule has 1 rings (SSSR count). The fourth-order valence-electron chi connectivity index (χ4n) is 1.82. The molecule has 0 aliphatic carbocycles. The lowest BCUT2D eigenvalue weighted by Crippen LogP contribution is -2.37. The van der Waals surface area contributed by atoms with Gasteiger partial charge in [-0.15, -0.1) is 0 Å². The normalized spacial score (nSPS) is 10.2. The molecule has 6 heteroatoms. The highest BCUT2D eigenvalue weighted by Gasteiger charge is 2.21. The van der Waals surface area contributed by atoms with Gasteiger partial charge in [-0.2, -0.15) is 10.2 Å². The van der Waals surface area contributed by atoms with Gasteiger partial charge in [0.2, 0.25) is 0 Å². The Bertz CT molecular complexity index is 489. The number of hydrogen-bond donors (Lipinski definition) is 0. The molecule has 0 unspecified atom stereocenters. The van der Waals surface area contributed by atoms with Crippen LogP contribution in [0.2, 0.25) is 0 Å². The second-order valence-electron chi connectivity index (χ2n) is 4.32. The number of hydrogen-bond acceptors (Lipinski definition) is 5. The highest BCUT2D eigenvalue weighted by molar-refractivity contribution is 5.97. The van der Waals surface area contributed by atoms with E-state index < -0.39 is 5.97 Å². The Kier molecular flexibility index (Phi) is 6.09. The van der Waals surface area contributed by atoms with Crippen molar-refractivity contribution >= 4 is 11.9 Å². The van der Waals surface area contributed by atoms with Crippen LogP contribution in [-0.4, -0.2) is 46.7 Å². The molecule has 0 fully saturated rings. The van der Waals surface area contributed by atoms with Crippen molar-refractivity contribution in [3.63, 3.8) is 0 Å². The molecular weight excluding hydrogens is 258 g/mol. The highest BCUT2D eigenvalue weighted by atomic mass is 16.5. The SMILES string of the molecule is CCOC(=O)CN(CC)C(=O)c1cc(C)nnc1CC. The smallest absolute Gasteiger partial charge is 0.325 e. The summed E-state index contributed by atoms with van der Waals surface area (Å²) < 4.78 is 4.88. The van der Waals surface area contributed by atoms with Crippen LogP contribution in [0.4, 0.5) is 0 Å². The van der Waals surface area contributed by atoms with Gasteiger partial charge in [0.25, 0.3) is 5.91 Å². The second-order valence-corrected chi connectivity index (χ2v) is 4.32. The zero-order valence-corrected chi connectivity index (χ0v) is 12.5. The molecule has 0 saturated carbocycles. The minimum Gasteiger partial charge on any atom is -0.465 e. The summed E-state index contributed by atoms with van der Waals surface area (Å²) >= 11 is 0. The molecule has 0 spiro atoms. The summed E-state index contributed by atoms with van der Waals surface area (Å²) in [5.41, 5.74) is 1.83. The Morgan fingerprint density at radius 2 is 1.95 bits per heavy atom. The molecule has 0 aromatic carbocycles. The van der Waals surface area contributed by atoms with Gasteiger partial charge < -0.3 is 9.64 Å². The van der Waals surface area contributed by atoms with Crippen LogP contribution in [0.3, 0.4) is 0 Å². The van der Waals surface area contributed by atoms with Crippen LogP contribution in [0.1, 0.15) is 42.5 Å². The first-order chi connectivity index (χ1) is 9.53. The third-order valence-electron chi connectivity index (χ3n) is 2.85. The number of aryl methyl sites for hydroxylation is 2. The molecule has 0 aliphatic rings. The molecule has 0 aliphatic heterocycles. The van der Waals surface area contributed by atoms with Crippen molar-refractivity contribution < 1.29 is 14.3 Å². The average molecular weight is 279 g/mol. The van der Waals surface area contributed by atoms with E-state index in [0.717, 1.165) is 0 Å². The molecule has 0 radical (unpaired) electrons. The van der Waals surface area contributed by atoms with Gasteiger partial charge in [-0.3, -0.25) is 9.59 Å². The van der Waals surface area contributed by atoms with Crippen molar-refractivity contribution in [2.24, 2.45) is 0 Å². The molecule has 20 heavy (non-hydrogen) atoms. The fraction of sp³-hybridized carbons (Fsp3) is 0.571. The van der Waals surface area contributed by atoms with Crippen LogP contribution in [0, 0.1) is 6.92 Å². The van der Waals surface area contributed by atoms with Crippen molar-refractivity contribution in [1.29, 1.82) is 0 Å². The van der Waals surface area contributed by atoms with E-state index in [1.807, 2.05) is 13.8 Å². The number of likely N-dealkylation sites (N-methyl/N-ethyl adjacent to an activating group) is 1. The van der Waals surface area contributed by atoms with Gasteiger partial charge in [-0.1, -0.05) is 6.92 Å². The predicted octanol–water partition coefficient (Wildman–Crippen LogP) is 1.37. The van der Waals surface area contributed by atoms with E-state index in [-0.39, 0.29) is 12.5 Å². The number of amides is 1. The first kappa shape index (κ1) is 16.1. The molecule has 0 bridgehead atoms. The number of aromatic nitrogens is 2. The predicted molar refractivity (Wildman–Crippen MR) is 74.4 cm³/mol. The maximum absolute atomic E-state index is 12.5. The third kappa shape index (κ3) is 4.01. The molecule has 0 atom stereocenters. The van der Waals surface area contributed by atoms with Crippen LogP contribution in [-0.2, 0) is 16.0 Å². The Morgan fingerprint density at radius 1 is 1.25 bits per heavy atom. The van der Waals surface area contributed by atoms with E-state index in [2.05, 4.69) is 10.2 Å². The zero-order chi connectivity index (χ0) is 15.1. The molecule has 110 valence electrons. The third-order valence-corrected chi connectivity index (χ3v) is 2.85. The molecule has 1 aromatic heterocycles. The molecule has 1 heterocycles. The number of carbonyl (C=O) groups is 2. The molecule has 6 nitrogen and oxygen atoms in total. The quantitative estimate of drug-likeness (QED) is 0.735. The van der Waals surface area contributed by atoms with Gasteiger partial charge in [0.05, 0.1) is 23.6 Å². The van der Waals surface area contributed by atoms with Gasteiger partial charge in [-0.05, 0) is 33.3 Å². The Labute approximate surface area is 119 Å². The van der Waals surface area contributed by atoms with Crippen LogP contribution in [0.5, 0.6) is 0 Å². The fourth-order valence-corrected chi connectivity index (χ4v) is 1.82. The van der Waals surface area contributed by atoms with Crippen molar-refractivity contribution in [2.45, 2.75) is 34.1 Å². The van der Waals surface area contributed by atoms with Gasteiger partial charge in [0.1, 0.15) is 6.54 Å². The zero-order valence-electron chi connectivity index (χ0n) is 12.5. The summed E-state index contributed by atoms with van der Waals surface area (Å²) in [5, 5.41) is 7.99. The maximum Gasteiger partial charge on any atom is 0.325 e. The largest absolute Gasteiger partial charge is 0.465 e. The van der Waals surface area contributed by atoms with Crippen molar-refractivity contribution in [2.75, 3.05) is 19.7 Å². The molecular formula is C14H21N3O3. The van der Waals surface area contributed by atoms with E-state index in [1.54, 1.807) is 19.9 Å². The molecule has 1 aromatic rings. The lowest BCUT2D eigenvalue weighted by Gasteiger charge is -2.20. The summed E-state index contributed by atoms with van der Waals surface area (Å²) in [4.78, 5) is 25.5. The van der Waals surface area contributed by atoms with E-state index in [4.69, 9.17) is 4.74 Å². The Morgan fingerprint density at radius 3 is 2.50 bits per heavy atom. The van der Waals surface area contributed by atoms with E-state index >= 15 is 0 Å². The van der Waals surface area contributed by atoms with Crippen molar-refractivity contribution in [3.05, 3.63) is 23.0 Å². The highest BCUT2D eigenvalue weighted by Crippen LogP contribution is 2.11. The van der Waals surface area contributed by atoms with Crippen LogP contribution >= 0.6 is 0 Å². The minimum absolute atomic E-state index is 0.0479. The van der Waals surface area contributed by atoms with Crippen molar-refractivity contribution in [3.8, 4) is 0 Å². The average Bonchev–Trinajstić information content (AvgIpc) is 2.44. The van der Waals surface area contributed by atoms with E-state index in [9.17, 15) is 9.59 Å². The summed E-state index contributed by atoms with van der Waals surface area (Å²) in [6.45, 7) is 7.95. The summed E-state index contributed by atoms with van der Waals surface area (Å²) in [5.74, 6) is -0.616.